The van der Waals surface area contributed by atoms with Gasteiger partial charge in [-0.2, -0.15) is 0 Å². The number of nitrogens with zero attached hydrogens (tertiary/aromatic N) is 3. The second kappa shape index (κ2) is 11.3. The van der Waals surface area contributed by atoms with E-state index in [1.807, 2.05) is 14.0 Å². The third-order valence-electron chi connectivity index (χ3n) is 5.84. The van der Waals surface area contributed by atoms with E-state index in [2.05, 4.69) is 20.1 Å². The highest BCUT2D eigenvalue weighted by Gasteiger charge is 2.27. The van der Waals surface area contributed by atoms with Crippen molar-refractivity contribution in [3.8, 4) is 0 Å². The van der Waals surface area contributed by atoms with Crippen molar-refractivity contribution < 1.29 is 8.78 Å². The number of rotatable bonds is 5. The predicted octanol–water partition coefficient (Wildman–Crippen LogP) is 4.07. The topological polar surface area (TPSA) is 30.9 Å². The average Bonchev–Trinajstić information content (AvgIpc) is 3.13. The smallest absolute Gasteiger partial charge is 0.193 e. The Morgan fingerprint density at radius 3 is 2.61 bits per heavy atom. The Morgan fingerprint density at radius 2 is 1.93 bits per heavy atom. The fourth-order valence-electron chi connectivity index (χ4n) is 4.19. The van der Waals surface area contributed by atoms with E-state index in [4.69, 9.17) is 0 Å². The van der Waals surface area contributed by atoms with Gasteiger partial charge in [0.1, 0.15) is 0 Å². The number of hydrogen-bond acceptors (Lipinski definition) is 2. The van der Waals surface area contributed by atoms with Crippen molar-refractivity contribution in [2.24, 2.45) is 10.9 Å². The van der Waals surface area contributed by atoms with Crippen LogP contribution in [0.25, 0.3) is 0 Å². The van der Waals surface area contributed by atoms with E-state index < -0.39 is 11.6 Å². The highest BCUT2D eigenvalue weighted by atomic mass is 127. The first-order valence-corrected chi connectivity index (χ1v) is 10.2. The van der Waals surface area contributed by atoms with Gasteiger partial charge in [-0.15, -0.1) is 24.0 Å². The Balaban J connectivity index is 0.00000280. The Labute approximate surface area is 184 Å². The molecule has 0 spiro atoms. The van der Waals surface area contributed by atoms with Crippen LogP contribution in [0.2, 0.25) is 0 Å². The van der Waals surface area contributed by atoms with Crippen LogP contribution in [0.1, 0.15) is 44.1 Å². The van der Waals surface area contributed by atoms with Gasteiger partial charge in [0.25, 0.3) is 0 Å². The van der Waals surface area contributed by atoms with E-state index in [1.165, 1.54) is 57.5 Å². The number of halogens is 3. The SMILES string of the molecule is CN=C(NCC(C)c1ccc(F)c(F)c1)N1CCC(CN2CCCCC2)C1.I. The number of aliphatic imine (C=N–C) groups is 1. The minimum Gasteiger partial charge on any atom is -0.356 e. The molecule has 2 saturated heterocycles. The highest BCUT2D eigenvalue weighted by molar-refractivity contribution is 14.0. The summed E-state index contributed by atoms with van der Waals surface area (Å²) in [5, 5.41) is 3.41. The summed E-state index contributed by atoms with van der Waals surface area (Å²) in [5.74, 6) is 0.0924. The van der Waals surface area contributed by atoms with Crippen molar-refractivity contribution in [1.82, 2.24) is 15.1 Å². The molecule has 158 valence electrons. The number of likely N-dealkylation sites (tertiary alicyclic amines) is 2. The molecule has 2 aliphatic rings. The van der Waals surface area contributed by atoms with Gasteiger partial charge in [-0.05, 0) is 61.9 Å². The van der Waals surface area contributed by atoms with Crippen LogP contribution in [-0.4, -0.2) is 62.1 Å². The van der Waals surface area contributed by atoms with E-state index in [1.54, 1.807) is 6.07 Å². The largest absolute Gasteiger partial charge is 0.356 e. The van der Waals surface area contributed by atoms with Crippen LogP contribution in [0.4, 0.5) is 8.78 Å². The zero-order valence-electron chi connectivity index (χ0n) is 17.0. The molecule has 0 radical (unpaired) electrons. The lowest BCUT2D eigenvalue weighted by molar-refractivity contribution is 0.198. The maximum Gasteiger partial charge on any atom is 0.193 e. The van der Waals surface area contributed by atoms with Gasteiger partial charge >= 0.3 is 0 Å². The molecule has 2 atom stereocenters. The van der Waals surface area contributed by atoms with Gasteiger partial charge in [0.2, 0.25) is 0 Å². The number of hydrogen-bond donors (Lipinski definition) is 1. The lowest BCUT2D eigenvalue weighted by Gasteiger charge is -2.29. The Bertz CT molecular complexity index is 649. The van der Waals surface area contributed by atoms with Gasteiger partial charge < -0.3 is 15.1 Å². The quantitative estimate of drug-likeness (QED) is 0.371. The molecule has 2 unspecified atom stereocenters. The van der Waals surface area contributed by atoms with Gasteiger partial charge in [0.05, 0.1) is 0 Å². The first-order valence-electron chi connectivity index (χ1n) is 10.2. The number of nitrogens with one attached hydrogen (secondary N) is 1. The Kier molecular flexibility index (Phi) is 9.40. The average molecular weight is 506 g/mol. The maximum atomic E-state index is 13.5. The monoisotopic (exact) mass is 506 g/mol. The Morgan fingerprint density at radius 1 is 1.18 bits per heavy atom. The molecule has 2 heterocycles. The predicted molar refractivity (Wildman–Crippen MR) is 122 cm³/mol. The van der Waals surface area contributed by atoms with E-state index in [-0.39, 0.29) is 29.9 Å². The van der Waals surface area contributed by atoms with Crippen LogP contribution in [0, 0.1) is 17.6 Å². The fraction of sp³-hybridized carbons (Fsp3) is 0.667. The molecule has 7 heteroatoms. The summed E-state index contributed by atoms with van der Waals surface area (Å²) in [5.41, 5.74) is 0.793. The molecule has 4 nitrogen and oxygen atoms in total. The van der Waals surface area contributed by atoms with Gasteiger partial charge in [-0.25, -0.2) is 8.78 Å². The van der Waals surface area contributed by atoms with Crippen LogP contribution in [-0.2, 0) is 0 Å². The summed E-state index contributed by atoms with van der Waals surface area (Å²) >= 11 is 0. The molecule has 3 rings (SSSR count). The van der Waals surface area contributed by atoms with E-state index >= 15 is 0 Å². The Hall–Kier alpha value is -0.960. The van der Waals surface area contributed by atoms with Crippen molar-refractivity contribution in [3.63, 3.8) is 0 Å². The van der Waals surface area contributed by atoms with Crippen molar-refractivity contribution >= 4 is 29.9 Å². The summed E-state index contributed by atoms with van der Waals surface area (Å²) in [7, 11) is 1.81. The van der Waals surface area contributed by atoms with E-state index in [9.17, 15) is 8.78 Å². The van der Waals surface area contributed by atoms with Crippen molar-refractivity contribution in [1.29, 1.82) is 0 Å². The first-order chi connectivity index (χ1) is 13.1. The second-order valence-corrected chi connectivity index (χ2v) is 7.96. The summed E-state index contributed by atoms with van der Waals surface area (Å²) in [4.78, 5) is 9.37. The number of guanidine groups is 1. The normalized spacial score (nSPS) is 22.1. The summed E-state index contributed by atoms with van der Waals surface area (Å²) in [6, 6.07) is 4.13. The molecule has 1 aromatic rings. The molecule has 0 saturated carbocycles. The molecule has 0 aliphatic carbocycles. The lowest BCUT2D eigenvalue weighted by atomic mass is 10.0. The summed E-state index contributed by atoms with van der Waals surface area (Å²) in [6.45, 7) is 8.40. The molecule has 1 N–H and O–H groups in total. The molecular weight excluding hydrogens is 473 g/mol. The third-order valence-corrected chi connectivity index (χ3v) is 5.84. The molecule has 1 aromatic carbocycles. The maximum absolute atomic E-state index is 13.5. The minimum atomic E-state index is -0.800. The fourth-order valence-corrected chi connectivity index (χ4v) is 4.19. The van der Waals surface area contributed by atoms with Crippen LogP contribution < -0.4 is 5.32 Å². The highest BCUT2D eigenvalue weighted by Crippen LogP contribution is 2.21. The first kappa shape index (κ1) is 23.3. The lowest BCUT2D eigenvalue weighted by Crippen LogP contribution is -2.42. The van der Waals surface area contributed by atoms with Crippen LogP contribution >= 0.6 is 24.0 Å². The van der Waals surface area contributed by atoms with E-state index in [0.29, 0.717) is 12.5 Å². The standard InChI is InChI=1S/C21H32F2N4.HI/c1-16(18-6-7-19(22)20(23)12-18)13-25-21(24-2)27-11-8-17(15-27)14-26-9-4-3-5-10-26;/h6-7,12,16-17H,3-5,8-11,13-15H2,1-2H3,(H,24,25);1H. The van der Waals surface area contributed by atoms with Crippen LogP contribution in [0.5, 0.6) is 0 Å². The summed E-state index contributed by atoms with van der Waals surface area (Å²) < 4.78 is 26.6. The van der Waals surface area contributed by atoms with Crippen LogP contribution in [0.15, 0.2) is 23.2 Å². The zero-order valence-corrected chi connectivity index (χ0v) is 19.3. The molecule has 28 heavy (non-hydrogen) atoms. The third kappa shape index (κ3) is 6.27. The summed E-state index contributed by atoms with van der Waals surface area (Å²) in [6.07, 6.45) is 5.25. The minimum absolute atomic E-state index is 0. The molecule has 0 aromatic heterocycles. The van der Waals surface area contributed by atoms with E-state index in [0.717, 1.165) is 24.6 Å². The van der Waals surface area contributed by atoms with Crippen molar-refractivity contribution in [2.45, 2.75) is 38.5 Å². The second-order valence-electron chi connectivity index (χ2n) is 7.96. The molecule has 2 fully saturated rings. The molecule has 2 aliphatic heterocycles. The van der Waals surface area contributed by atoms with Gasteiger partial charge in [-0.3, -0.25) is 4.99 Å². The van der Waals surface area contributed by atoms with Crippen LogP contribution in [0.3, 0.4) is 0 Å². The number of piperidine rings is 1. The molecule has 0 amide bonds. The van der Waals surface area contributed by atoms with Crippen molar-refractivity contribution in [3.05, 3.63) is 35.4 Å². The number of benzene rings is 1. The van der Waals surface area contributed by atoms with Crippen molar-refractivity contribution in [2.75, 3.05) is 46.3 Å². The van der Waals surface area contributed by atoms with Gasteiger partial charge in [0, 0.05) is 33.2 Å². The zero-order chi connectivity index (χ0) is 19.2. The molecular formula is C21H33F2IN4. The molecule has 0 bridgehead atoms. The van der Waals surface area contributed by atoms with Gasteiger partial charge in [0.15, 0.2) is 17.6 Å². The van der Waals surface area contributed by atoms with Gasteiger partial charge in [-0.1, -0.05) is 19.4 Å².